The Labute approximate surface area is 54.3 Å². The molecule has 0 saturated heterocycles. The van der Waals surface area contributed by atoms with Crippen molar-refractivity contribution < 1.29 is 19.1 Å². The Morgan fingerprint density at radius 2 is 1.56 bits per heavy atom. The van der Waals surface area contributed by atoms with Crippen LogP contribution in [0.1, 0.15) is 0 Å². The van der Waals surface area contributed by atoms with Crippen LogP contribution in [0.4, 0.5) is 9.59 Å². The molecule has 0 saturated carbocycles. The summed E-state index contributed by atoms with van der Waals surface area (Å²) in [7, 11) is 0.399. The van der Waals surface area contributed by atoms with Crippen molar-refractivity contribution in [3.05, 3.63) is 0 Å². The van der Waals surface area contributed by atoms with E-state index < -0.39 is 12.2 Å². The van der Waals surface area contributed by atoms with Crippen LogP contribution in [0.5, 0.6) is 0 Å². The van der Waals surface area contributed by atoms with E-state index >= 15 is 0 Å². The van der Waals surface area contributed by atoms with Gasteiger partial charge in [-0.05, 0) is 0 Å². The molecule has 0 unspecified atom stereocenters. The third-order valence-electron chi connectivity index (χ3n) is 0.201. The largest absolute Gasteiger partial charge is 0.513 e. The van der Waals surface area contributed by atoms with Gasteiger partial charge in [0.05, 0.1) is 0 Å². The SMILES string of the molecule is NC(=O)O.NC(=O)O[SiH3]. The molecule has 9 heavy (non-hydrogen) atoms. The average Bonchev–Trinajstić information content (AvgIpc) is 1.65. The highest BCUT2D eigenvalue weighted by atomic mass is 28.2. The van der Waals surface area contributed by atoms with E-state index in [4.69, 9.17) is 9.90 Å². The highest BCUT2D eigenvalue weighted by Gasteiger charge is 1.75. The van der Waals surface area contributed by atoms with Gasteiger partial charge in [-0.1, -0.05) is 0 Å². The third-order valence-corrected chi connectivity index (χ3v) is 0.604. The van der Waals surface area contributed by atoms with Gasteiger partial charge in [-0.15, -0.1) is 0 Å². The highest BCUT2D eigenvalue weighted by Crippen LogP contribution is 1.53. The standard InChI is InChI=1S/CH5NO2Si.CH3NO2/c2-1(3)4-5;2-1(3)4/h5H3,(H2,2,3);2H2,(H,3,4). The molecule has 0 heterocycles. The van der Waals surface area contributed by atoms with Gasteiger partial charge in [0.25, 0.3) is 0 Å². The summed E-state index contributed by atoms with van der Waals surface area (Å²) in [6.45, 7) is 0. The van der Waals surface area contributed by atoms with E-state index in [-0.39, 0.29) is 0 Å². The zero-order valence-electron chi connectivity index (χ0n) is 4.83. The molecular weight excluding hydrogens is 144 g/mol. The quantitative estimate of drug-likeness (QED) is 0.347. The van der Waals surface area contributed by atoms with Crippen molar-refractivity contribution in [2.75, 3.05) is 0 Å². The summed E-state index contributed by atoms with van der Waals surface area (Å²) in [6.07, 6.45) is -2.02. The van der Waals surface area contributed by atoms with Gasteiger partial charge in [0.2, 0.25) is 10.5 Å². The predicted molar refractivity (Wildman–Crippen MR) is 32.8 cm³/mol. The van der Waals surface area contributed by atoms with Crippen LogP contribution in [-0.4, -0.2) is 27.8 Å². The fourth-order valence-electron chi connectivity index (χ4n) is 0. The zero-order chi connectivity index (χ0) is 7.86. The van der Waals surface area contributed by atoms with Gasteiger partial charge in [0, 0.05) is 0 Å². The van der Waals surface area contributed by atoms with Crippen LogP contribution in [-0.2, 0) is 4.43 Å². The molecule has 0 aromatic carbocycles. The number of primary amides is 2. The van der Waals surface area contributed by atoms with E-state index in [0.717, 1.165) is 0 Å². The fourth-order valence-corrected chi connectivity index (χ4v) is 0. The highest BCUT2D eigenvalue weighted by molar-refractivity contribution is 6.04. The summed E-state index contributed by atoms with van der Waals surface area (Å²) in [4.78, 5) is 18.2. The first-order valence-electron chi connectivity index (χ1n) is 1.82. The number of rotatable bonds is 0. The Hall–Kier alpha value is -1.24. The minimum absolute atomic E-state index is 0.399. The summed E-state index contributed by atoms with van der Waals surface area (Å²) in [5, 5.41) is 7.19. The van der Waals surface area contributed by atoms with E-state index in [2.05, 4.69) is 15.9 Å². The van der Waals surface area contributed by atoms with Crippen molar-refractivity contribution >= 4 is 22.7 Å². The van der Waals surface area contributed by atoms with Crippen molar-refractivity contribution in [3.8, 4) is 0 Å². The van der Waals surface area contributed by atoms with Crippen LogP contribution in [0.3, 0.4) is 0 Å². The normalized spacial score (nSPS) is 6.67. The van der Waals surface area contributed by atoms with Gasteiger partial charge in [-0.2, -0.15) is 0 Å². The fraction of sp³-hybridized carbons (Fsp3) is 0. The number of nitrogens with two attached hydrogens (primary N) is 2. The van der Waals surface area contributed by atoms with E-state index in [1.54, 1.807) is 0 Å². The topological polar surface area (TPSA) is 116 Å². The second-order valence-corrected chi connectivity index (χ2v) is 1.27. The van der Waals surface area contributed by atoms with Gasteiger partial charge < -0.3 is 21.0 Å². The van der Waals surface area contributed by atoms with E-state index in [1.165, 1.54) is 0 Å². The molecule has 0 aliphatic carbocycles. The molecule has 6 nitrogen and oxygen atoms in total. The number of hydrogen-bond donors (Lipinski definition) is 3. The lowest BCUT2D eigenvalue weighted by atomic mass is 11.3. The summed E-state index contributed by atoms with van der Waals surface area (Å²) in [5.74, 6) is 0. The van der Waals surface area contributed by atoms with Gasteiger partial charge >= 0.3 is 12.2 Å². The molecule has 0 radical (unpaired) electrons. The van der Waals surface area contributed by atoms with E-state index in [0.29, 0.717) is 10.5 Å². The molecule has 0 aromatic rings. The van der Waals surface area contributed by atoms with Crippen molar-refractivity contribution in [1.29, 1.82) is 0 Å². The smallest absolute Gasteiger partial charge is 0.402 e. The average molecular weight is 152 g/mol. The molecule has 0 fully saturated rings. The molecule has 0 bridgehead atoms. The first-order chi connectivity index (χ1) is 4.00. The zero-order valence-corrected chi connectivity index (χ0v) is 6.83. The second kappa shape index (κ2) is 6.76. The summed E-state index contributed by atoms with van der Waals surface area (Å²) in [5.41, 5.74) is 8.49. The molecule has 5 N–H and O–H groups in total. The van der Waals surface area contributed by atoms with Gasteiger partial charge in [0.1, 0.15) is 0 Å². The van der Waals surface area contributed by atoms with Crippen molar-refractivity contribution in [2.45, 2.75) is 0 Å². The molecular formula is C2H8N2O4Si. The Bertz CT molecular complexity index is 101. The first kappa shape index (κ1) is 10.7. The van der Waals surface area contributed by atoms with Gasteiger partial charge in [-0.3, -0.25) is 0 Å². The predicted octanol–water partition coefficient (Wildman–Crippen LogP) is -2.01. The summed E-state index contributed by atoms with van der Waals surface area (Å²) < 4.78 is 4.03. The molecule has 0 aromatic heterocycles. The molecule has 7 heteroatoms. The number of carbonyl (C=O) groups is 2. The molecule has 0 spiro atoms. The van der Waals surface area contributed by atoms with Crippen LogP contribution >= 0.6 is 0 Å². The molecule has 0 aliphatic heterocycles. The van der Waals surface area contributed by atoms with Gasteiger partial charge in [0.15, 0.2) is 0 Å². The number of carbonyl (C=O) groups excluding carboxylic acids is 1. The molecule has 0 rings (SSSR count). The summed E-state index contributed by atoms with van der Waals surface area (Å²) >= 11 is 0. The third kappa shape index (κ3) is 267. The molecule has 2 amide bonds. The number of hydrogen-bond acceptors (Lipinski definition) is 3. The van der Waals surface area contributed by atoms with E-state index in [1.807, 2.05) is 0 Å². The van der Waals surface area contributed by atoms with Crippen molar-refractivity contribution in [1.82, 2.24) is 0 Å². The van der Waals surface area contributed by atoms with Crippen molar-refractivity contribution in [2.24, 2.45) is 11.5 Å². The lowest BCUT2D eigenvalue weighted by molar-refractivity contribution is 0.205. The Balaban J connectivity index is 0. The first-order valence-corrected chi connectivity index (χ1v) is 2.64. The molecule has 0 atom stereocenters. The van der Waals surface area contributed by atoms with E-state index in [9.17, 15) is 4.79 Å². The Morgan fingerprint density at radius 1 is 1.44 bits per heavy atom. The minimum atomic E-state index is -1.33. The number of carboxylic acid groups (broad SMARTS) is 1. The number of amides is 2. The maximum Gasteiger partial charge on any atom is 0.402 e. The lowest BCUT2D eigenvalue weighted by Crippen LogP contribution is -2.09. The maximum atomic E-state index is 9.40. The Morgan fingerprint density at radius 3 is 1.56 bits per heavy atom. The Kier molecular flexibility index (Phi) is 8.02. The van der Waals surface area contributed by atoms with Gasteiger partial charge in [-0.25, -0.2) is 9.59 Å². The minimum Gasteiger partial charge on any atom is -0.513 e. The van der Waals surface area contributed by atoms with Crippen LogP contribution in [0.15, 0.2) is 0 Å². The van der Waals surface area contributed by atoms with Crippen LogP contribution in [0.25, 0.3) is 0 Å². The van der Waals surface area contributed by atoms with Crippen molar-refractivity contribution in [3.63, 3.8) is 0 Å². The lowest BCUT2D eigenvalue weighted by Gasteiger charge is -1.82. The van der Waals surface area contributed by atoms with Crippen LogP contribution in [0, 0.1) is 0 Å². The maximum absolute atomic E-state index is 9.40. The molecule has 0 aliphatic rings. The summed E-state index contributed by atoms with van der Waals surface area (Å²) in [6, 6.07) is 0. The second-order valence-electron chi connectivity index (χ2n) is 0.861. The van der Waals surface area contributed by atoms with Crippen LogP contribution < -0.4 is 11.5 Å². The van der Waals surface area contributed by atoms with Crippen LogP contribution in [0.2, 0.25) is 0 Å². The molecule has 54 valence electrons. The monoisotopic (exact) mass is 152 g/mol.